The molecule has 0 fully saturated rings. The fourth-order valence-electron chi connectivity index (χ4n) is 1.24. The van der Waals surface area contributed by atoms with Crippen molar-refractivity contribution < 1.29 is 0 Å². The SMILES string of the molecule is C=CC1=C(C=C)Sc2ccccc2S1.CC. The minimum atomic E-state index is 1.20. The summed E-state index contributed by atoms with van der Waals surface area (Å²) in [6, 6.07) is 8.39. The van der Waals surface area contributed by atoms with Gasteiger partial charge in [0.25, 0.3) is 0 Å². The Hall–Kier alpha value is -0.860. The zero-order chi connectivity index (χ0) is 12.0. The molecule has 0 amide bonds. The molecule has 0 aromatic heterocycles. The lowest BCUT2D eigenvalue weighted by molar-refractivity contribution is 1.25. The quantitative estimate of drug-likeness (QED) is 0.678. The Labute approximate surface area is 107 Å². The van der Waals surface area contributed by atoms with Crippen molar-refractivity contribution in [3.8, 4) is 0 Å². The van der Waals surface area contributed by atoms with Crippen LogP contribution in [0.25, 0.3) is 0 Å². The van der Waals surface area contributed by atoms with Crippen LogP contribution in [0.5, 0.6) is 0 Å². The maximum Gasteiger partial charge on any atom is 0.0262 e. The highest BCUT2D eigenvalue weighted by atomic mass is 32.2. The number of rotatable bonds is 2. The summed E-state index contributed by atoms with van der Waals surface area (Å²) >= 11 is 3.52. The van der Waals surface area contributed by atoms with E-state index in [-0.39, 0.29) is 0 Å². The molecule has 1 aromatic rings. The van der Waals surface area contributed by atoms with E-state index in [0.717, 1.165) is 0 Å². The van der Waals surface area contributed by atoms with Crippen molar-refractivity contribution in [1.82, 2.24) is 0 Å². The zero-order valence-corrected chi connectivity index (χ0v) is 11.3. The van der Waals surface area contributed by atoms with Crippen LogP contribution in [0.3, 0.4) is 0 Å². The summed E-state index contributed by atoms with van der Waals surface area (Å²) in [5.74, 6) is 0. The first-order chi connectivity index (χ1) is 7.85. The van der Waals surface area contributed by atoms with Crippen LogP contribution in [-0.2, 0) is 0 Å². The van der Waals surface area contributed by atoms with E-state index < -0.39 is 0 Å². The molecule has 84 valence electrons. The number of allylic oxidation sites excluding steroid dienone is 2. The average Bonchev–Trinajstić information content (AvgIpc) is 2.39. The maximum absolute atomic E-state index is 3.82. The van der Waals surface area contributed by atoms with Crippen LogP contribution in [-0.4, -0.2) is 0 Å². The van der Waals surface area contributed by atoms with Gasteiger partial charge in [0.2, 0.25) is 0 Å². The molecule has 1 aromatic carbocycles. The Balaban J connectivity index is 0.000000606. The van der Waals surface area contributed by atoms with Crippen molar-refractivity contribution in [2.75, 3.05) is 0 Å². The molecule has 0 spiro atoms. The topological polar surface area (TPSA) is 0 Å². The lowest BCUT2D eigenvalue weighted by Gasteiger charge is -2.17. The lowest BCUT2D eigenvalue weighted by Crippen LogP contribution is -1.88. The fourth-order valence-corrected chi connectivity index (χ4v) is 3.38. The van der Waals surface area contributed by atoms with Gasteiger partial charge in [-0.2, -0.15) is 0 Å². The number of fused-ring (bicyclic) bond motifs is 1. The molecule has 0 bridgehead atoms. The Morgan fingerprint density at radius 2 is 1.25 bits per heavy atom. The summed E-state index contributed by atoms with van der Waals surface area (Å²) < 4.78 is 0. The number of hydrogen-bond donors (Lipinski definition) is 0. The molecule has 0 aliphatic carbocycles. The smallest absolute Gasteiger partial charge is 0.0262 e. The van der Waals surface area contributed by atoms with E-state index in [2.05, 4.69) is 37.4 Å². The van der Waals surface area contributed by atoms with Gasteiger partial charge in [0.05, 0.1) is 0 Å². The molecule has 1 heterocycles. The summed E-state index contributed by atoms with van der Waals surface area (Å²) in [7, 11) is 0. The van der Waals surface area contributed by atoms with Crippen molar-refractivity contribution in [1.29, 1.82) is 0 Å². The first-order valence-corrected chi connectivity index (χ1v) is 6.92. The summed E-state index contributed by atoms with van der Waals surface area (Å²) in [5, 5.41) is 0. The molecule has 1 aliphatic heterocycles. The van der Waals surface area contributed by atoms with Gasteiger partial charge in [-0.15, -0.1) is 0 Å². The molecule has 2 heteroatoms. The molecule has 0 radical (unpaired) electrons. The third kappa shape index (κ3) is 2.83. The Kier molecular flexibility index (Phi) is 5.50. The maximum atomic E-state index is 3.82. The van der Waals surface area contributed by atoms with Crippen molar-refractivity contribution in [2.45, 2.75) is 23.6 Å². The predicted octanol–water partition coefficient (Wildman–Crippen LogP) is 5.49. The van der Waals surface area contributed by atoms with Crippen molar-refractivity contribution >= 4 is 23.5 Å². The Morgan fingerprint density at radius 1 is 0.875 bits per heavy atom. The Bertz CT molecular complexity index is 377. The molecule has 0 atom stereocenters. The summed E-state index contributed by atoms with van der Waals surface area (Å²) in [4.78, 5) is 5.00. The second kappa shape index (κ2) is 6.66. The van der Waals surface area contributed by atoms with E-state index in [0.29, 0.717) is 0 Å². The van der Waals surface area contributed by atoms with Gasteiger partial charge in [-0.3, -0.25) is 0 Å². The third-order valence-corrected chi connectivity index (χ3v) is 4.53. The van der Waals surface area contributed by atoms with Gasteiger partial charge in [-0.1, -0.05) is 74.8 Å². The molecular weight excluding hydrogens is 232 g/mol. The van der Waals surface area contributed by atoms with E-state index in [9.17, 15) is 0 Å². The van der Waals surface area contributed by atoms with Gasteiger partial charge in [0.1, 0.15) is 0 Å². The lowest BCUT2D eigenvalue weighted by atomic mass is 10.4. The van der Waals surface area contributed by atoms with Crippen LogP contribution < -0.4 is 0 Å². The summed E-state index contributed by atoms with van der Waals surface area (Å²) in [5.41, 5.74) is 0. The summed E-state index contributed by atoms with van der Waals surface area (Å²) in [6.45, 7) is 11.6. The van der Waals surface area contributed by atoms with Gasteiger partial charge in [-0.05, 0) is 12.1 Å². The van der Waals surface area contributed by atoms with E-state index in [1.807, 2.05) is 26.0 Å². The average molecular weight is 248 g/mol. The number of hydrogen-bond acceptors (Lipinski definition) is 2. The van der Waals surface area contributed by atoms with Crippen LogP contribution in [0.15, 0.2) is 69.2 Å². The van der Waals surface area contributed by atoms with Crippen LogP contribution in [0.1, 0.15) is 13.8 Å². The summed E-state index contributed by atoms with van der Waals surface area (Å²) in [6.07, 6.45) is 3.79. The molecule has 0 saturated carbocycles. The van der Waals surface area contributed by atoms with Gasteiger partial charge in [0.15, 0.2) is 0 Å². The Morgan fingerprint density at radius 3 is 1.56 bits per heavy atom. The standard InChI is InChI=1S/C12H10S2.C2H6/c1-3-9-10(4-2)14-12-8-6-5-7-11(12)13-9;1-2/h3-8H,1-2H2;1-2H3. The highest BCUT2D eigenvalue weighted by molar-refractivity contribution is 8.09. The molecule has 2 rings (SSSR count). The van der Waals surface area contributed by atoms with Crippen molar-refractivity contribution in [3.63, 3.8) is 0 Å². The van der Waals surface area contributed by atoms with Gasteiger partial charge < -0.3 is 0 Å². The monoisotopic (exact) mass is 248 g/mol. The second-order valence-corrected chi connectivity index (χ2v) is 4.96. The van der Waals surface area contributed by atoms with Gasteiger partial charge in [0, 0.05) is 19.6 Å². The fraction of sp³-hybridized carbons (Fsp3) is 0.143. The minimum absolute atomic E-state index is 1.20. The van der Waals surface area contributed by atoms with Gasteiger partial charge in [-0.25, -0.2) is 0 Å². The van der Waals surface area contributed by atoms with Crippen LogP contribution in [0.4, 0.5) is 0 Å². The van der Waals surface area contributed by atoms with Crippen LogP contribution in [0, 0.1) is 0 Å². The highest BCUT2D eigenvalue weighted by Crippen LogP contribution is 2.47. The first-order valence-electron chi connectivity index (χ1n) is 5.29. The van der Waals surface area contributed by atoms with Crippen molar-refractivity contribution in [3.05, 3.63) is 59.4 Å². The molecule has 0 N–H and O–H groups in total. The van der Waals surface area contributed by atoms with E-state index in [1.54, 1.807) is 23.5 Å². The third-order valence-electron chi connectivity index (χ3n) is 1.90. The minimum Gasteiger partial charge on any atom is -0.0979 e. The highest BCUT2D eigenvalue weighted by Gasteiger charge is 2.14. The normalized spacial score (nSPS) is 13.4. The zero-order valence-electron chi connectivity index (χ0n) is 9.69. The largest absolute Gasteiger partial charge is 0.0979 e. The van der Waals surface area contributed by atoms with E-state index in [4.69, 9.17) is 0 Å². The molecular formula is C14H16S2. The van der Waals surface area contributed by atoms with Gasteiger partial charge >= 0.3 is 0 Å². The predicted molar refractivity (Wildman–Crippen MR) is 76.9 cm³/mol. The molecule has 16 heavy (non-hydrogen) atoms. The van der Waals surface area contributed by atoms with E-state index in [1.165, 1.54) is 19.6 Å². The van der Waals surface area contributed by atoms with Crippen LogP contribution >= 0.6 is 23.5 Å². The van der Waals surface area contributed by atoms with Crippen molar-refractivity contribution in [2.24, 2.45) is 0 Å². The van der Waals surface area contributed by atoms with E-state index >= 15 is 0 Å². The first kappa shape index (κ1) is 13.2. The number of thioether (sulfide) groups is 2. The molecule has 1 aliphatic rings. The molecule has 0 unspecified atom stereocenters. The molecule has 0 nitrogen and oxygen atoms in total. The molecule has 0 saturated heterocycles. The van der Waals surface area contributed by atoms with Crippen LogP contribution in [0.2, 0.25) is 0 Å². The number of benzene rings is 1. The second-order valence-electron chi connectivity index (χ2n) is 2.79.